The predicted octanol–water partition coefficient (Wildman–Crippen LogP) is 3.81. The maximum Gasteiger partial charge on any atom is 0.231 e. The molecule has 25 heavy (non-hydrogen) atoms. The van der Waals surface area contributed by atoms with E-state index in [0.29, 0.717) is 22.8 Å². The number of carbonyl (C=O) groups is 1. The van der Waals surface area contributed by atoms with E-state index in [0.717, 1.165) is 22.2 Å². The van der Waals surface area contributed by atoms with Crippen LogP contribution in [0.1, 0.15) is 15.9 Å². The molecular formula is C20H17NO4. The lowest BCUT2D eigenvalue weighted by Crippen LogP contribution is -1.97. The van der Waals surface area contributed by atoms with Crippen molar-refractivity contribution in [2.75, 3.05) is 14.2 Å². The highest BCUT2D eigenvalue weighted by atomic mass is 16.5. The van der Waals surface area contributed by atoms with Gasteiger partial charge < -0.3 is 18.8 Å². The zero-order valence-electron chi connectivity index (χ0n) is 14.2. The number of Topliss-reactive ketones (excluding diaryl/α,β-unsaturated/α-hetero) is 1. The van der Waals surface area contributed by atoms with Crippen molar-refractivity contribution in [2.45, 2.75) is 0 Å². The number of hydrogen-bond donors (Lipinski definition) is 0. The monoisotopic (exact) mass is 335 g/mol. The molecule has 0 saturated heterocycles. The van der Waals surface area contributed by atoms with Gasteiger partial charge in [0.15, 0.2) is 5.76 Å². The molecule has 126 valence electrons. The van der Waals surface area contributed by atoms with Crippen LogP contribution in [0.3, 0.4) is 0 Å². The van der Waals surface area contributed by atoms with Crippen molar-refractivity contribution in [1.82, 2.24) is 4.57 Å². The van der Waals surface area contributed by atoms with E-state index in [2.05, 4.69) is 0 Å². The third-order valence-corrected chi connectivity index (χ3v) is 4.39. The Bertz CT molecular complexity index is 1030. The number of benzene rings is 2. The summed E-state index contributed by atoms with van der Waals surface area (Å²) in [7, 11) is 5.18. The molecule has 3 aromatic rings. The highest BCUT2D eigenvalue weighted by Gasteiger charge is 2.28. The molecule has 0 radical (unpaired) electrons. The van der Waals surface area contributed by atoms with Gasteiger partial charge in [-0.25, -0.2) is 0 Å². The number of carbonyl (C=O) groups excluding carboxylic acids is 1. The summed E-state index contributed by atoms with van der Waals surface area (Å²) in [5, 5.41) is 0.999. The second-order valence-electron chi connectivity index (χ2n) is 5.88. The summed E-state index contributed by atoms with van der Waals surface area (Å²) in [6.07, 6.45) is 3.74. The number of nitrogens with zero attached hydrogens (tertiary/aromatic N) is 1. The standard InChI is InChI=1S/C20H17NO4/c1-21-11-12(16-9-13(23-2)5-7-17(16)21)8-19-20(22)15-6-4-14(24-3)10-18(15)25-19/h4-11H,1-3H3. The molecule has 5 nitrogen and oxygen atoms in total. The molecule has 0 bridgehead atoms. The van der Waals surface area contributed by atoms with Crippen LogP contribution in [0.15, 0.2) is 48.4 Å². The van der Waals surface area contributed by atoms with Gasteiger partial charge >= 0.3 is 0 Å². The molecule has 1 aliphatic heterocycles. The normalized spacial score (nSPS) is 14.7. The maximum atomic E-state index is 12.6. The van der Waals surface area contributed by atoms with Crippen LogP contribution in [0.5, 0.6) is 17.2 Å². The van der Waals surface area contributed by atoms with E-state index in [1.807, 2.05) is 36.0 Å². The fourth-order valence-corrected chi connectivity index (χ4v) is 3.08. The van der Waals surface area contributed by atoms with Crippen LogP contribution in [0.2, 0.25) is 0 Å². The Kier molecular flexibility index (Phi) is 3.50. The smallest absolute Gasteiger partial charge is 0.231 e. The number of allylic oxidation sites excluding steroid dienone is 1. The van der Waals surface area contributed by atoms with E-state index in [9.17, 15) is 4.79 Å². The number of rotatable bonds is 3. The second-order valence-corrected chi connectivity index (χ2v) is 5.88. The molecule has 2 heterocycles. The van der Waals surface area contributed by atoms with Gasteiger partial charge in [0.25, 0.3) is 0 Å². The molecule has 0 aliphatic carbocycles. The van der Waals surface area contributed by atoms with Gasteiger partial charge in [-0.2, -0.15) is 0 Å². The quantitative estimate of drug-likeness (QED) is 0.683. The molecule has 0 saturated carbocycles. The van der Waals surface area contributed by atoms with Crippen molar-refractivity contribution in [2.24, 2.45) is 7.05 Å². The average Bonchev–Trinajstić information content (AvgIpc) is 3.11. The first-order valence-corrected chi connectivity index (χ1v) is 7.86. The second kappa shape index (κ2) is 5.70. The van der Waals surface area contributed by atoms with E-state index in [1.165, 1.54) is 0 Å². The summed E-state index contributed by atoms with van der Waals surface area (Å²) in [5.41, 5.74) is 2.50. The number of hydrogen-bond acceptors (Lipinski definition) is 4. The molecule has 0 unspecified atom stereocenters. The van der Waals surface area contributed by atoms with Crippen LogP contribution in [-0.2, 0) is 7.05 Å². The Labute approximate surface area is 145 Å². The number of ketones is 1. The third-order valence-electron chi connectivity index (χ3n) is 4.39. The molecule has 2 aromatic carbocycles. The van der Waals surface area contributed by atoms with Gasteiger partial charge in [0.05, 0.1) is 19.8 Å². The Morgan fingerprint density at radius 3 is 2.52 bits per heavy atom. The zero-order valence-corrected chi connectivity index (χ0v) is 14.2. The Morgan fingerprint density at radius 2 is 1.76 bits per heavy atom. The predicted molar refractivity (Wildman–Crippen MR) is 95.4 cm³/mol. The molecule has 1 aromatic heterocycles. The number of methoxy groups -OCH3 is 2. The van der Waals surface area contributed by atoms with Crippen molar-refractivity contribution in [3.05, 3.63) is 59.5 Å². The lowest BCUT2D eigenvalue weighted by molar-refractivity contribution is 0.101. The van der Waals surface area contributed by atoms with Crippen molar-refractivity contribution >= 4 is 22.8 Å². The maximum absolute atomic E-state index is 12.6. The van der Waals surface area contributed by atoms with Crippen molar-refractivity contribution < 1.29 is 19.0 Å². The fraction of sp³-hybridized carbons (Fsp3) is 0.150. The first-order valence-electron chi connectivity index (χ1n) is 7.86. The van der Waals surface area contributed by atoms with E-state index >= 15 is 0 Å². The van der Waals surface area contributed by atoms with Crippen molar-refractivity contribution in [3.8, 4) is 17.2 Å². The molecule has 0 N–H and O–H groups in total. The van der Waals surface area contributed by atoms with Crippen LogP contribution < -0.4 is 14.2 Å². The number of aryl methyl sites for hydroxylation is 1. The fourth-order valence-electron chi connectivity index (χ4n) is 3.08. The van der Waals surface area contributed by atoms with Crippen LogP contribution >= 0.6 is 0 Å². The van der Waals surface area contributed by atoms with Gasteiger partial charge in [-0.05, 0) is 36.4 Å². The molecule has 0 spiro atoms. The summed E-state index contributed by atoms with van der Waals surface area (Å²) < 4.78 is 18.3. The molecule has 5 heteroatoms. The Balaban J connectivity index is 1.79. The van der Waals surface area contributed by atoms with Crippen LogP contribution in [0.4, 0.5) is 0 Å². The van der Waals surface area contributed by atoms with Crippen molar-refractivity contribution in [1.29, 1.82) is 0 Å². The van der Waals surface area contributed by atoms with Gasteiger partial charge in [-0.1, -0.05) is 0 Å². The highest BCUT2D eigenvalue weighted by Crippen LogP contribution is 2.36. The first kappa shape index (κ1) is 15.3. The minimum atomic E-state index is -0.127. The average molecular weight is 335 g/mol. The molecular weight excluding hydrogens is 318 g/mol. The zero-order chi connectivity index (χ0) is 17.6. The van der Waals surface area contributed by atoms with Gasteiger partial charge in [-0.15, -0.1) is 0 Å². The first-order chi connectivity index (χ1) is 12.1. The van der Waals surface area contributed by atoms with E-state index in [-0.39, 0.29) is 5.78 Å². The molecule has 0 amide bonds. The van der Waals surface area contributed by atoms with E-state index in [4.69, 9.17) is 14.2 Å². The summed E-state index contributed by atoms with van der Waals surface area (Å²) >= 11 is 0. The Morgan fingerprint density at radius 1 is 1.04 bits per heavy atom. The summed E-state index contributed by atoms with van der Waals surface area (Å²) in [6, 6.07) is 11.1. The van der Waals surface area contributed by atoms with Gasteiger partial charge in [0.1, 0.15) is 17.2 Å². The molecule has 1 aliphatic rings. The number of fused-ring (bicyclic) bond motifs is 2. The molecule has 0 fully saturated rings. The van der Waals surface area contributed by atoms with Gasteiger partial charge in [0, 0.05) is 35.8 Å². The molecule has 4 rings (SSSR count). The van der Waals surface area contributed by atoms with Crippen LogP contribution in [0, 0.1) is 0 Å². The van der Waals surface area contributed by atoms with E-state index < -0.39 is 0 Å². The lowest BCUT2D eigenvalue weighted by atomic mass is 10.1. The van der Waals surface area contributed by atoms with Gasteiger partial charge in [-0.3, -0.25) is 4.79 Å². The summed E-state index contributed by atoms with van der Waals surface area (Å²) in [4.78, 5) is 12.6. The van der Waals surface area contributed by atoms with Crippen LogP contribution in [-0.4, -0.2) is 24.6 Å². The largest absolute Gasteiger partial charge is 0.497 e. The third kappa shape index (κ3) is 2.45. The summed E-state index contributed by atoms with van der Waals surface area (Å²) in [6.45, 7) is 0. The highest BCUT2D eigenvalue weighted by molar-refractivity contribution is 6.15. The minimum Gasteiger partial charge on any atom is -0.497 e. The van der Waals surface area contributed by atoms with Gasteiger partial charge in [0.2, 0.25) is 5.78 Å². The lowest BCUT2D eigenvalue weighted by Gasteiger charge is -2.02. The topological polar surface area (TPSA) is 49.7 Å². The SMILES string of the molecule is COc1ccc2c(c1)OC(=Cc1cn(C)c3ccc(OC)cc13)C2=O. The number of aromatic nitrogens is 1. The van der Waals surface area contributed by atoms with Crippen LogP contribution in [0.25, 0.3) is 17.0 Å². The Hall–Kier alpha value is -3.21. The minimum absolute atomic E-state index is 0.127. The number of ether oxygens (including phenoxy) is 3. The van der Waals surface area contributed by atoms with E-state index in [1.54, 1.807) is 38.5 Å². The molecule has 0 atom stereocenters. The van der Waals surface area contributed by atoms with Crippen molar-refractivity contribution in [3.63, 3.8) is 0 Å². The summed E-state index contributed by atoms with van der Waals surface area (Å²) in [5.74, 6) is 2.12.